The fourth-order valence-corrected chi connectivity index (χ4v) is 2.18. The Labute approximate surface area is 125 Å². The quantitative estimate of drug-likeness (QED) is 0.928. The molecule has 6 heteroatoms. The van der Waals surface area contributed by atoms with Gasteiger partial charge in [-0.2, -0.15) is 0 Å². The molecule has 1 N–H and O–H groups in total. The number of fused-ring (bicyclic) bond motifs is 1. The van der Waals surface area contributed by atoms with Gasteiger partial charge in [0.25, 0.3) is 5.56 Å². The fraction of sp³-hybridized carbons (Fsp3) is 0.357. The summed E-state index contributed by atoms with van der Waals surface area (Å²) in [6.45, 7) is 3.90. The van der Waals surface area contributed by atoms with Gasteiger partial charge >= 0.3 is 0 Å². The van der Waals surface area contributed by atoms with Crippen LogP contribution >= 0.6 is 15.9 Å². The predicted molar refractivity (Wildman–Crippen MR) is 81.6 cm³/mol. The van der Waals surface area contributed by atoms with Crippen molar-refractivity contribution < 1.29 is 4.79 Å². The molecule has 1 aromatic heterocycles. The van der Waals surface area contributed by atoms with Gasteiger partial charge in [0, 0.05) is 10.5 Å². The maximum atomic E-state index is 12.3. The highest BCUT2D eigenvalue weighted by Gasteiger charge is 2.10. The number of carbonyl (C=O) groups is 1. The number of nitrogens with one attached hydrogen (secondary N) is 1. The van der Waals surface area contributed by atoms with Crippen LogP contribution in [0.15, 0.2) is 33.8 Å². The lowest BCUT2D eigenvalue weighted by atomic mass is 10.2. The smallest absolute Gasteiger partial charge is 0.261 e. The van der Waals surface area contributed by atoms with Crippen molar-refractivity contribution in [1.29, 1.82) is 0 Å². The maximum absolute atomic E-state index is 12.3. The molecule has 0 saturated heterocycles. The van der Waals surface area contributed by atoms with Crippen LogP contribution in [0.25, 0.3) is 10.9 Å². The standard InChI is InChI=1S/C14H16BrN3O2/c1-3-9(2)17-13(19)7-18-8-16-12-5-4-10(15)6-11(12)14(18)20/h4-6,8-9H,3,7H2,1-2H3,(H,17,19). The van der Waals surface area contributed by atoms with E-state index in [1.54, 1.807) is 12.1 Å². The van der Waals surface area contributed by atoms with Crippen LogP contribution in [0.3, 0.4) is 0 Å². The molecular weight excluding hydrogens is 322 g/mol. The summed E-state index contributed by atoms with van der Waals surface area (Å²) in [5.41, 5.74) is 0.410. The first-order valence-electron chi connectivity index (χ1n) is 6.45. The van der Waals surface area contributed by atoms with Crippen LogP contribution in [0.2, 0.25) is 0 Å². The Balaban J connectivity index is 2.29. The van der Waals surface area contributed by atoms with E-state index in [1.165, 1.54) is 10.9 Å². The van der Waals surface area contributed by atoms with E-state index < -0.39 is 0 Å². The third-order valence-electron chi connectivity index (χ3n) is 3.12. The molecule has 1 aromatic carbocycles. The molecule has 2 rings (SSSR count). The van der Waals surface area contributed by atoms with Crippen LogP contribution in [-0.2, 0) is 11.3 Å². The Morgan fingerprint density at radius 2 is 2.25 bits per heavy atom. The first kappa shape index (κ1) is 14.7. The van der Waals surface area contributed by atoms with Gasteiger partial charge in [0.1, 0.15) is 6.54 Å². The Morgan fingerprint density at radius 3 is 2.95 bits per heavy atom. The van der Waals surface area contributed by atoms with Crippen LogP contribution < -0.4 is 10.9 Å². The van der Waals surface area contributed by atoms with Crippen LogP contribution in [0.1, 0.15) is 20.3 Å². The normalized spacial score (nSPS) is 12.3. The van der Waals surface area contributed by atoms with Gasteiger partial charge in [0.05, 0.1) is 17.2 Å². The predicted octanol–water partition coefficient (Wildman–Crippen LogP) is 2.07. The molecule has 5 nitrogen and oxygen atoms in total. The van der Waals surface area contributed by atoms with Crippen molar-refractivity contribution in [2.45, 2.75) is 32.9 Å². The van der Waals surface area contributed by atoms with E-state index in [0.717, 1.165) is 10.9 Å². The summed E-state index contributed by atoms with van der Waals surface area (Å²) >= 11 is 3.33. The van der Waals surface area contributed by atoms with Crippen LogP contribution in [-0.4, -0.2) is 21.5 Å². The van der Waals surface area contributed by atoms with Crippen LogP contribution in [0.4, 0.5) is 0 Å². The molecule has 0 saturated carbocycles. The summed E-state index contributed by atoms with van der Waals surface area (Å²) in [5.74, 6) is -0.183. The summed E-state index contributed by atoms with van der Waals surface area (Å²) in [5, 5.41) is 3.33. The topological polar surface area (TPSA) is 64.0 Å². The molecule has 0 radical (unpaired) electrons. The molecule has 1 unspecified atom stereocenters. The molecule has 0 aliphatic rings. The fourth-order valence-electron chi connectivity index (χ4n) is 1.82. The van der Waals surface area contributed by atoms with E-state index in [0.29, 0.717) is 10.9 Å². The molecule has 20 heavy (non-hydrogen) atoms. The van der Waals surface area contributed by atoms with Gasteiger partial charge in [-0.25, -0.2) is 4.98 Å². The second-order valence-electron chi connectivity index (χ2n) is 4.72. The van der Waals surface area contributed by atoms with Gasteiger partial charge in [-0.15, -0.1) is 0 Å². The summed E-state index contributed by atoms with van der Waals surface area (Å²) in [6, 6.07) is 5.41. The number of amides is 1. The second kappa shape index (κ2) is 6.17. The first-order chi connectivity index (χ1) is 9.51. The maximum Gasteiger partial charge on any atom is 0.261 e. The lowest BCUT2D eigenvalue weighted by Gasteiger charge is -2.12. The van der Waals surface area contributed by atoms with Crippen molar-refractivity contribution >= 4 is 32.7 Å². The SMILES string of the molecule is CCC(C)NC(=O)Cn1cnc2ccc(Br)cc2c1=O. The van der Waals surface area contributed by atoms with E-state index in [1.807, 2.05) is 19.9 Å². The Hall–Kier alpha value is -1.69. The summed E-state index contributed by atoms with van der Waals surface area (Å²) < 4.78 is 2.14. The number of hydrogen-bond donors (Lipinski definition) is 1. The Kier molecular flexibility index (Phi) is 4.54. The zero-order valence-corrected chi connectivity index (χ0v) is 13.0. The van der Waals surface area contributed by atoms with Gasteiger partial charge in [-0.3, -0.25) is 14.2 Å². The van der Waals surface area contributed by atoms with E-state index in [4.69, 9.17) is 0 Å². The largest absolute Gasteiger partial charge is 0.352 e. The Bertz CT molecular complexity index is 696. The number of aromatic nitrogens is 2. The molecule has 1 heterocycles. The van der Waals surface area contributed by atoms with Crippen LogP contribution in [0.5, 0.6) is 0 Å². The molecule has 0 spiro atoms. The van der Waals surface area contributed by atoms with Gasteiger partial charge in [0.2, 0.25) is 5.91 Å². The third kappa shape index (κ3) is 3.25. The van der Waals surface area contributed by atoms with Gasteiger partial charge < -0.3 is 5.32 Å². The molecule has 1 amide bonds. The molecule has 1 atom stereocenters. The second-order valence-corrected chi connectivity index (χ2v) is 5.63. The highest BCUT2D eigenvalue weighted by Crippen LogP contribution is 2.14. The van der Waals surface area contributed by atoms with Crippen molar-refractivity contribution in [1.82, 2.24) is 14.9 Å². The highest BCUT2D eigenvalue weighted by molar-refractivity contribution is 9.10. The van der Waals surface area contributed by atoms with Gasteiger partial charge in [-0.1, -0.05) is 22.9 Å². The van der Waals surface area contributed by atoms with Crippen molar-refractivity contribution in [2.24, 2.45) is 0 Å². The minimum absolute atomic E-state index is 0.0153. The molecular formula is C14H16BrN3O2. The minimum Gasteiger partial charge on any atom is -0.352 e. The van der Waals surface area contributed by atoms with Crippen molar-refractivity contribution in [3.8, 4) is 0 Å². The van der Waals surface area contributed by atoms with Crippen molar-refractivity contribution in [3.63, 3.8) is 0 Å². The van der Waals surface area contributed by atoms with E-state index in [-0.39, 0.29) is 24.1 Å². The lowest BCUT2D eigenvalue weighted by molar-refractivity contribution is -0.122. The highest BCUT2D eigenvalue weighted by atomic mass is 79.9. The molecule has 0 aliphatic carbocycles. The summed E-state index contributed by atoms with van der Waals surface area (Å²) in [4.78, 5) is 28.3. The Morgan fingerprint density at radius 1 is 1.50 bits per heavy atom. The zero-order valence-electron chi connectivity index (χ0n) is 11.4. The third-order valence-corrected chi connectivity index (χ3v) is 3.61. The van der Waals surface area contributed by atoms with Gasteiger partial charge in [-0.05, 0) is 31.5 Å². The average Bonchev–Trinajstić information content (AvgIpc) is 2.42. The van der Waals surface area contributed by atoms with Crippen molar-refractivity contribution in [3.05, 3.63) is 39.4 Å². The van der Waals surface area contributed by atoms with Crippen molar-refractivity contribution in [2.75, 3.05) is 0 Å². The van der Waals surface area contributed by atoms with Gasteiger partial charge in [0.15, 0.2) is 0 Å². The summed E-state index contributed by atoms with van der Waals surface area (Å²) in [7, 11) is 0. The number of benzene rings is 1. The minimum atomic E-state index is -0.212. The first-order valence-corrected chi connectivity index (χ1v) is 7.24. The van der Waals surface area contributed by atoms with E-state index in [9.17, 15) is 9.59 Å². The number of carbonyl (C=O) groups excluding carboxylic acids is 1. The number of nitrogens with zero attached hydrogens (tertiary/aromatic N) is 2. The molecule has 0 bridgehead atoms. The lowest BCUT2D eigenvalue weighted by Crippen LogP contribution is -2.37. The molecule has 2 aromatic rings. The van der Waals surface area contributed by atoms with E-state index >= 15 is 0 Å². The van der Waals surface area contributed by atoms with Crippen LogP contribution in [0, 0.1) is 0 Å². The number of halogens is 1. The molecule has 106 valence electrons. The number of rotatable bonds is 4. The summed E-state index contributed by atoms with van der Waals surface area (Å²) in [6.07, 6.45) is 2.26. The zero-order chi connectivity index (χ0) is 14.7. The molecule has 0 aliphatic heterocycles. The van der Waals surface area contributed by atoms with E-state index in [2.05, 4.69) is 26.2 Å². The monoisotopic (exact) mass is 337 g/mol. The average molecular weight is 338 g/mol. The number of hydrogen-bond acceptors (Lipinski definition) is 3. The molecule has 0 fully saturated rings.